The van der Waals surface area contributed by atoms with Crippen molar-refractivity contribution in [1.82, 2.24) is 9.78 Å². The molecule has 0 N–H and O–H groups in total. The summed E-state index contributed by atoms with van der Waals surface area (Å²) in [6.07, 6.45) is 1.61. The number of carbonyl (C=O) groups is 1. The number of methoxy groups -OCH3 is 1. The Labute approximate surface area is 122 Å². The fourth-order valence-electron chi connectivity index (χ4n) is 1.55. The lowest BCUT2D eigenvalue weighted by atomic mass is 10.2. The summed E-state index contributed by atoms with van der Waals surface area (Å²) in [6.45, 7) is 13.6. The van der Waals surface area contributed by atoms with Gasteiger partial charge in [-0.3, -0.25) is 4.68 Å². The Morgan fingerprint density at radius 3 is 2.55 bits per heavy atom. The van der Waals surface area contributed by atoms with E-state index in [1.807, 2.05) is 6.92 Å². The molecule has 0 spiro atoms. The van der Waals surface area contributed by atoms with Gasteiger partial charge in [-0.25, -0.2) is 4.79 Å². The molecule has 0 aliphatic rings. The van der Waals surface area contributed by atoms with Crippen LogP contribution in [0.2, 0.25) is 18.1 Å². The van der Waals surface area contributed by atoms with Crippen LogP contribution < -0.4 is 0 Å². The molecule has 0 aliphatic carbocycles. The molecule has 5 nitrogen and oxygen atoms in total. The maximum Gasteiger partial charge on any atom is 0.356 e. The van der Waals surface area contributed by atoms with E-state index in [-0.39, 0.29) is 17.0 Å². The Bertz CT molecular complexity index is 463. The van der Waals surface area contributed by atoms with Gasteiger partial charge < -0.3 is 9.16 Å². The predicted molar refractivity (Wildman–Crippen MR) is 81.4 cm³/mol. The minimum Gasteiger partial charge on any atom is -0.464 e. The lowest BCUT2D eigenvalue weighted by Crippen LogP contribution is -2.42. The molecule has 0 amide bonds. The molecule has 1 atom stereocenters. The van der Waals surface area contributed by atoms with E-state index in [0.29, 0.717) is 12.3 Å². The molecule has 0 fully saturated rings. The summed E-state index contributed by atoms with van der Waals surface area (Å²) in [5.74, 6) is -0.373. The van der Waals surface area contributed by atoms with Gasteiger partial charge in [0.15, 0.2) is 8.32 Å². The topological polar surface area (TPSA) is 53.3 Å². The van der Waals surface area contributed by atoms with Crippen LogP contribution in [0.3, 0.4) is 0 Å². The minimum absolute atomic E-state index is 0.00627. The number of aromatic nitrogens is 2. The van der Waals surface area contributed by atoms with Crippen LogP contribution >= 0.6 is 0 Å². The SMILES string of the molecule is COC(=O)c1ccnn1[C@@H](C)CO[Si](C)(C)C(C)(C)C. The van der Waals surface area contributed by atoms with Gasteiger partial charge in [0.25, 0.3) is 0 Å². The van der Waals surface area contributed by atoms with Gasteiger partial charge in [0.05, 0.1) is 19.8 Å². The number of esters is 1. The van der Waals surface area contributed by atoms with Gasteiger partial charge in [-0.1, -0.05) is 20.8 Å². The van der Waals surface area contributed by atoms with Crippen LogP contribution in [0, 0.1) is 0 Å². The maximum absolute atomic E-state index is 11.6. The summed E-state index contributed by atoms with van der Waals surface area (Å²) in [6, 6.07) is 1.66. The van der Waals surface area contributed by atoms with Crippen LogP contribution in [0.1, 0.15) is 44.2 Å². The Morgan fingerprint density at radius 1 is 1.45 bits per heavy atom. The first-order valence-electron chi connectivity index (χ1n) is 6.86. The van der Waals surface area contributed by atoms with Gasteiger partial charge in [-0.05, 0) is 31.1 Å². The Balaban J connectivity index is 2.76. The quantitative estimate of drug-likeness (QED) is 0.618. The number of carbonyl (C=O) groups excluding carboxylic acids is 1. The smallest absolute Gasteiger partial charge is 0.356 e. The van der Waals surface area contributed by atoms with Crippen molar-refractivity contribution in [2.75, 3.05) is 13.7 Å². The van der Waals surface area contributed by atoms with Gasteiger partial charge in [0, 0.05) is 6.20 Å². The summed E-state index contributed by atoms with van der Waals surface area (Å²) < 4.78 is 12.6. The third-order valence-corrected chi connectivity index (χ3v) is 8.47. The molecule has 1 aromatic heterocycles. The zero-order valence-corrected chi connectivity index (χ0v) is 14.6. The van der Waals surface area contributed by atoms with E-state index < -0.39 is 8.32 Å². The Morgan fingerprint density at radius 2 is 2.05 bits per heavy atom. The third-order valence-electron chi connectivity index (χ3n) is 3.97. The van der Waals surface area contributed by atoms with E-state index in [1.54, 1.807) is 16.9 Å². The molecule has 0 bridgehead atoms. The second kappa shape index (κ2) is 6.09. The maximum atomic E-state index is 11.6. The van der Waals surface area contributed by atoms with E-state index in [1.165, 1.54) is 7.11 Å². The second-order valence-corrected chi connectivity index (χ2v) is 11.4. The normalized spacial score (nSPS) is 14.2. The van der Waals surface area contributed by atoms with Crippen molar-refractivity contribution in [3.05, 3.63) is 18.0 Å². The highest BCUT2D eigenvalue weighted by molar-refractivity contribution is 6.74. The molecule has 0 aliphatic heterocycles. The molecule has 1 rings (SSSR count). The molecule has 0 saturated heterocycles. The van der Waals surface area contributed by atoms with E-state index in [4.69, 9.17) is 9.16 Å². The van der Waals surface area contributed by atoms with Crippen LogP contribution in [0.5, 0.6) is 0 Å². The number of hydrogen-bond donors (Lipinski definition) is 0. The fraction of sp³-hybridized carbons (Fsp3) is 0.714. The first-order valence-corrected chi connectivity index (χ1v) is 9.77. The Hall–Kier alpha value is -1.14. The van der Waals surface area contributed by atoms with Crippen LogP contribution in [-0.4, -0.2) is 37.8 Å². The average Bonchev–Trinajstić information content (AvgIpc) is 2.82. The summed E-state index contributed by atoms with van der Waals surface area (Å²) in [5, 5.41) is 4.37. The summed E-state index contributed by atoms with van der Waals surface area (Å²) in [5.41, 5.74) is 0.457. The van der Waals surface area contributed by atoms with E-state index in [2.05, 4.69) is 39.0 Å². The molecule has 1 aromatic rings. The van der Waals surface area contributed by atoms with Crippen molar-refractivity contribution < 1.29 is 14.0 Å². The molecular weight excluding hydrogens is 272 g/mol. The van der Waals surface area contributed by atoms with Crippen molar-refractivity contribution in [2.45, 2.75) is 51.9 Å². The molecule has 0 aromatic carbocycles. The molecule has 20 heavy (non-hydrogen) atoms. The average molecular weight is 298 g/mol. The van der Waals surface area contributed by atoms with Gasteiger partial charge in [-0.2, -0.15) is 5.10 Å². The molecule has 6 heteroatoms. The highest BCUT2D eigenvalue weighted by atomic mass is 28.4. The second-order valence-electron chi connectivity index (χ2n) is 6.57. The van der Waals surface area contributed by atoms with Gasteiger partial charge in [0.2, 0.25) is 0 Å². The standard InChI is InChI=1S/C14H26N2O3Si/c1-11(10-19-20(6,7)14(2,3)4)16-12(8-9-15-16)13(17)18-5/h8-9,11H,10H2,1-7H3/t11-/m0/s1. The number of rotatable bonds is 5. The van der Waals surface area contributed by atoms with Gasteiger partial charge in [0.1, 0.15) is 5.69 Å². The Kier molecular flexibility index (Phi) is 5.15. The lowest BCUT2D eigenvalue weighted by molar-refractivity contribution is 0.0581. The van der Waals surface area contributed by atoms with Crippen molar-refractivity contribution in [2.24, 2.45) is 0 Å². The number of ether oxygens (including phenoxy) is 1. The number of hydrogen-bond acceptors (Lipinski definition) is 4. The highest BCUT2D eigenvalue weighted by Crippen LogP contribution is 2.36. The fourth-order valence-corrected chi connectivity index (χ4v) is 2.64. The van der Waals surface area contributed by atoms with Crippen LogP contribution in [0.25, 0.3) is 0 Å². The molecule has 114 valence electrons. The van der Waals surface area contributed by atoms with Crippen LogP contribution in [0.15, 0.2) is 12.3 Å². The predicted octanol–water partition coefficient (Wildman–Crippen LogP) is 3.25. The monoisotopic (exact) mass is 298 g/mol. The van der Waals surface area contributed by atoms with Crippen LogP contribution in [0.4, 0.5) is 0 Å². The molecule has 0 radical (unpaired) electrons. The number of nitrogens with zero attached hydrogens (tertiary/aromatic N) is 2. The first kappa shape index (κ1) is 16.9. The summed E-state index contributed by atoms with van der Waals surface area (Å²) >= 11 is 0. The summed E-state index contributed by atoms with van der Waals surface area (Å²) in [7, 11) is -0.419. The first-order chi connectivity index (χ1) is 9.10. The zero-order chi connectivity index (χ0) is 15.6. The van der Waals surface area contributed by atoms with Gasteiger partial charge >= 0.3 is 5.97 Å². The van der Waals surface area contributed by atoms with E-state index in [0.717, 1.165) is 0 Å². The van der Waals surface area contributed by atoms with Gasteiger partial charge in [-0.15, -0.1) is 0 Å². The molecule has 0 unspecified atom stereocenters. The van der Waals surface area contributed by atoms with Crippen molar-refractivity contribution in [1.29, 1.82) is 0 Å². The zero-order valence-electron chi connectivity index (χ0n) is 13.6. The molecule has 1 heterocycles. The van der Waals surface area contributed by atoms with Crippen molar-refractivity contribution in [3.63, 3.8) is 0 Å². The van der Waals surface area contributed by atoms with E-state index >= 15 is 0 Å². The largest absolute Gasteiger partial charge is 0.464 e. The summed E-state index contributed by atoms with van der Waals surface area (Å²) in [4.78, 5) is 11.6. The van der Waals surface area contributed by atoms with Crippen molar-refractivity contribution >= 4 is 14.3 Å². The van der Waals surface area contributed by atoms with Crippen LogP contribution in [-0.2, 0) is 9.16 Å². The molecular formula is C14H26N2O3Si. The van der Waals surface area contributed by atoms with Crippen molar-refractivity contribution in [3.8, 4) is 0 Å². The lowest BCUT2D eigenvalue weighted by Gasteiger charge is -2.37. The molecule has 0 saturated carbocycles. The van der Waals surface area contributed by atoms with E-state index in [9.17, 15) is 4.79 Å². The highest BCUT2D eigenvalue weighted by Gasteiger charge is 2.37. The minimum atomic E-state index is -1.79. The third kappa shape index (κ3) is 3.70.